The molecule has 0 radical (unpaired) electrons. The van der Waals surface area contributed by atoms with E-state index in [1.54, 1.807) is 24.3 Å². The maximum Gasteiger partial charge on any atom is 0.287 e. The smallest absolute Gasteiger partial charge is 0.287 e. The number of aromatic nitrogens is 2. The maximum atomic E-state index is 12.7. The van der Waals surface area contributed by atoms with Gasteiger partial charge < -0.3 is 14.6 Å². The zero-order chi connectivity index (χ0) is 26.5. The van der Waals surface area contributed by atoms with E-state index in [9.17, 15) is 20.2 Å². The van der Waals surface area contributed by atoms with Crippen molar-refractivity contribution in [3.05, 3.63) is 111 Å². The second kappa shape index (κ2) is 10.6. The fourth-order valence-electron chi connectivity index (χ4n) is 3.88. The lowest BCUT2D eigenvalue weighted by atomic mass is 10.1. The van der Waals surface area contributed by atoms with Crippen molar-refractivity contribution in [2.24, 2.45) is 0 Å². The number of benzene rings is 2. The van der Waals surface area contributed by atoms with Crippen molar-refractivity contribution in [2.45, 2.75) is 20.8 Å². The molecular formula is C28H23N5O4. The monoisotopic (exact) mass is 493 g/mol. The zero-order valence-electron chi connectivity index (χ0n) is 20.4. The number of anilines is 1. The molecule has 1 N–H and O–H groups in total. The van der Waals surface area contributed by atoms with Crippen LogP contribution in [0.3, 0.4) is 0 Å². The largest absolute Gasteiger partial charge is 0.439 e. The number of hydrogen-bond acceptors (Lipinski definition) is 6. The molecule has 1 amide bonds. The SMILES string of the molecule is Cc1cccc(NC(=O)/C(C#N)=C\c2cc(C)n(-c3ccc(Oc4ccc([N+](=O)[O-])cn4)cc3)c2C)c1. The Balaban J connectivity index is 1.54. The topological polar surface area (TPSA) is 123 Å². The predicted octanol–water partition coefficient (Wildman–Crippen LogP) is 6.04. The lowest BCUT2D eigenvalue weighted by Gasteiger charge is -2.11. The standard InChI is InChI=1S/C28H23N5O4/c1-18-5-4-6-23(13-18)31-28(34)22(16-29)15-21-14-19(2)32(20(21)3)24-7-10-26(11-8-24)37-27-12-9-25(17-30-27)33(35)36/h4-15,17H,1-3H3,(H,31,34)/b22-15-. The highest BCUT2D eigenvalue weighted by molar-refractivity contribution is 6.09. The number of hydrogen-bond donors (Lipinski definition) is 1. The summed E-state index contributed by atoms with van der Waals surface area (Å²) in [7, 11) is 0. The van der Waals surface area contributed by atoms with Crippen molar-refractivity contribution in [3.63, 3.8) is 0 Å². The van der Waals surface area contributed by atoms with Crippen LogP contribution in [0.15, 0.2) is 78.5 Å². The van der Waals surface area contributed by atoms with Crippen LogP contribution in [-0.2, 0) is 4.79 Å². The Labute approximate surface area is 213 Å². The van der Waals surface area contributed by atoms with Crippen LogP contribution >= 0.6 is 0 Å². The molecule has 0 saturated carbocycles. The van der Waals surface area contributed by atoms with Crippen LogP contribution < -0.4 is 10.1 Å². The lowest BCUT2D eigenvalue weighted by molar-refractivity contribution is -0.385. The Morgan fingerprint density at radius 1 is 1.11 bits per heavy atom. The Hall–Kier alpha value is -5.23. The summed E-state index contributed by atoms with van der Waals surface area (Å²) in [5, 5.41) is 23.2. The average molecular weight is 494 g/mol. The van der Waals surface area contributed by atoms with Gasteiger partial charge in [-0.15, -0.1) is 0 Å². The molecule has 0 bridgehead atoms. The first-order chi connectivity index (χ1) is 17.7. The van der Waals surface area contributed by atoms with Gasteiger partial charge in [0.05, 0.1) is 4.92 Å². The molecule has 2 aromatic heterocycles. The van der Waals surface area contributed by atoms with Gasteiger partial charge in [0.2, 0.25) is 5.88 Å². The van der Waals surface area contributed by atoms with Gasteiger partial charge in [-0.3, -0.25) is 14.9 Å². The minimum atomic E-state index is -0.521. The van der Waals surface area contributed by atoms with E-state index < -0.39 is 10.8 Å². The molecule has 0 aliphatic rings. The number of carbonyl (C=O) groups is 1. The molecule has 9 nitrogen and oxygen atoms in total. The summed E-state index contributed by atoms with van der Waals surface area (Å²) in [5.74, 6) is 0.290. The molecule has 0 aliphatic heterocycles. The molecule has 9 heteroatoms. The molecule has 0 unspecified atom stereocenters. The van der Waals surface area contributed by atoms with Gasteiger partial charge in [0.15, 0.2) is 0 Å². The van der Waals surface area contributed by atoms with E-state index in [0.717, 1.165) is 34.4 Å². The lowest BCUT2D eigenvalue weighted by Crippen LogP contribution is -2.13. The van der Waals surface area contributed by atoms with Crippen LogP contribution in [0, 0.1) is 42.2 Å². The van der Waals surface area contributed by atoms with E-state index in [0.29, 0.717) is 11.4 Å². The van der Waals surface area contributed by atoms with Gasteiger partial charge in [0.1, 0.15) is 23.6 Å². The van der Waals surface area contributed by atoms with Gasteiger partial charge in [-0.25, -0.2) is 4.98 Å². The molecule has 0 saturated heterocycles. The Morgan fingerprint density at radius 3 is 2.49 bits per heavy atom. The van der Waals surface area contributed by atoms with Crippen molar-refractivity contribution >= 4 is 23.4 Å². The maximum absolute atomic E-state index is 12.7. The van der Waals surface area contributed by atoms with E-state index in [2.05, 4.69) is 10.3 Å². The molecule has 4 rings (SSSR count). The fraction of sp³-hybridized carbons (Fsp3) is 0.107. The number of nitro groups is 1. The first kappa shape index (κ1) is 24.9. The molecule has 184 valence electrons. The number of pyridine rings is 1. The summed E-state index contributed by atoms with van der Waals surface area (Å²) in [6, 6.07) is 21.3. The quantitative estimate of drug-likeness (QED) is 0.145. The van der Waals surface area contributed by atoms with E-state index in [1.165, 1.54) is 12.1 Å². The van der Waals surface area contributed by atoms with Gasteiger partial charge in [-0.05, 0) is 80.4 Å². The highest BCUT2D eigenvalue weighted by Crippen LogP contribution is 2.26. The van der Waals surface area contributed by atoms with Crippen LogP contribution in [0.4, 0.5) is 11.4 Å². The number of nitrogens with one attached hydrogen (secondary N) is 1. The molecule has 37 heavy (non-hydrogen) atoms. The third kappa shape index (κ3) is 5.71. The molecule has 0 aliphatic carbocycles. The predicted molar refractivity (Wildman–Crippen MR) is 140 cm³/mol. The van der Waals surface area contributed by atoms with Crippen molar-refractivity contribution in [2.75, 3.05) is 5.32 Å². The van der Waals surface area contributed by atoms with E-state index >= 15 is 0 Å². The summed E-state index contributed by atoms with van der Waals surface area (Å²) >= 11 is 0. The number of nitrogens with zero attached hydrogens (tertiary/aromatic N) is 4. The number of ether oxygens (including phenoxy) is 1. The third-order valence-electron chi connectivity index (χ3n) is 5.66. The van der Waals surface area contributed by atoms with Crippen molar-refractivity contribution in [3.8, 4) is 23.4 Å². The second-order valence-electron chi connectivity index (χ2n) is 8.36. The van der Waals surface area contributed by atoms with Gasteiger partial charge in [-0.2, -0.15) is 5.26 Å². The summed E-state index contributed by atoms with van der Waals surface area (Å²) < 4.78 is 7.69. The number of aryl methyl sites for hydroxylation is 2. The number of rotatable bonds is 7. The molecule has 4 aromatic rings. The summed E-state index contributed by atoms with van der Waals surface area (Å²) in [6.07, 6.45) is 2.73. The van der Waals surface area contributed by atoms with Crippen LogP contribution in [0.25, 0.3) is 11.8 Å². The van der Waals surface area contributed by atoms with Gasteiger partial charge in [0.25, 0.3) is 11.6 Å². The minimum Gasteiger partial charge on any atom is -0.439 e. The second-order valence-corrected chi connectivity index (χ2v) is 8.36. The molecule has 2 heterocycles. The summed E-state index contributed by atoms with van der Waals surface area (Å²) in [5.41, 5.74) is 4.92. The molecule has 0 atom stereocenters. The van der Waals surface area contributed by atoms with Crippen molar-refractivity contribution < 1.29 is 14.5 Å². The number of carbonyl (C=O) groups excluding carboxylic acids is 1. The van der Waals surface area contributed by atoms with Crippen LogP contribution in [-0.4, -0.2) is 20.4 Å². The molecule has 2 aromatic carbocycles. The van der Waals surface area contributed by atoms with Gasteiger partial charge in [0, 0.05) is 34.9 Å². The highest BCUT2D eigenvalue weighted by Gasteiger charge is 2.14. The Bertz CT molecular complexity index is 1550. The van der Waals surface area contributed by atoms with Gasteiger partial charge >= 0.3 is 0 Å². The van der Waals surface area contributed by atoms with E-state index in [4.69, 9.17) is 4.74 Å². The highest BCUT2D eigenvalue weighted by atomic mass is 16.6. The van der Waals surface area contributed by atoms with Crippen LogP contribution in [0.1, 0.15) is 22.5 Å². The molecule has 0 spiro atoms. The van der Waals surface area contributed by atoms with E-state index in [-0.39, 0.29) is 17.1 Å². The normalized spacial score (nSPS) is 11.0. The summed E-state index contributed by atoms with van der Waals surface area (Å²) in [4.78, 5) is 26.9. The molecule has 0 fully saturated rings. The zero-order valence-corrected chi connectivity index (χ0v) is 20.4. The third-order valence-corrected chi connectivity index (χ3v) is 5.66. The Kier molecular flexibility index (Phi) is 7.11. The number of nitriles is 1. The van der Waals surface area contributed by atoms with Crippen LogP contribution in [0.2, 0.25) is 0 Å². The van der Waals surface area contributed by atoms with Crippen molar-refractivity contribution in [1.29, 1.82) is 5.26 Å². The van der Waals surface area contributed by atoms with Crippen molar-refractivity contribution in [1.82, 2.24) is 9.55 Å². The minimum absolute atomic E-state index is 0.00102. The first-order valence-corrected chi connectivity index (χ1v) is 11.3. The molecular weight excluding hydrogens is 470 g/mol. The van der Waals surface area contributed by atoms with Crippen LogP contribution in [0.5, 0.6) is 11.6 Å². The van der Waals surface area contributed by atoms with E-state index in [1.807, 2.05) is 67.8 Å². The number of amides is 1. The average Bonchev–Trinajstić information content (AvgIpc) is 3.15. The fourth-order valence-corrected chi connectivity index (χ4v) is 3.88. The van der Waals surface area contributed by atoms with Gasteiger partial charge in [-0.1, -0.05) is 12.1 Å². The summed E-state index contributed by atoms with van der Waals surface area (Å²) in [6.45, 7) is 5.78. The first-order valence-electron chi connectivity index (χ1n) is 11.3. The Morgan fingerprint density at radius 2 is 1.86 bits per heavy atom.